The molecule has 2 aromatic carbocycles. The normalized spacial score (nSPS) is 10.1. The van der Waals surface area contributed by atoms with Gasteiger partial charge in [0.15, 0.2) is 0 Å². The van der Waals surface area contributed by atoms with Gasteiger partial charge < -0.3 is 15.8 Å². The van der Waals surface area contributed by atoms with Gasteiger partial charge in [0.1, 0.15) is 0 Å². The molecular formula is C15H15ClN2O2. The van der Waals surface area contributed by atoms with Crippen LogP contribution in [0.2, 0.25) is 5.02 Å². The highest BCUT2D eigenvalue weighted by Crippen LogP contribution is 2.19. The SMILES string of the molecule is COC(=O)c1cc(NCc2ccc(Cl)cc2)ccc1N. The van der Waals surface area contributed by atoms with Crippen molar-refractivity contribution in [3.63, 3.8) is 0 Å². The van der Waals surface area contributed by atoms with Crippen LogP contribution in [0.25, 0.3) is 0 Å². The lowest BCUT2D eigenvalue weighted by Gasteiger charge is -2.10. The van der Waals surface area contributed by atoms with Gasteiger partial charge in [-0.05, 0) is 35.9 Å². The predicted molar refractivity (Wildman–Crippen MR) is 81.0 cm³/mol. The maximum atomic E-state index is 11.6. The van der Waals surface area contributed by atoms with Crippen LogP contribution in [0.4, 0.5) is 11.4 Å². The third-order valence-corrected chi connectivity index (χ3v) is 3.12. The summed E-state index contributed by atoms with van der Waals surface area (Å²) >= 11 is 5.83. The summed E-state index contributed by atoms with van der Waals surface area (Å²) in [6.07, 6.45) is 0. The number of nitrogens with two attached hydrogens (primary N) is 1. The topological polar surface area (TPSA) is 64.3 Å². The van der Waals surface area contributed by atoms with Crippen molar-refractivity contribution in [2.75, 3.05) is 18.2 Å². The van der Waals surface area contributed by atoms with Gasteiger partial charge in [0.05, 0.1) is 12.7 Å². The van der Waals surface area contributed by atoms with E-state index >= 15 is 0 Å². The summed E-state index contributed by atoms with van der Waals surface area (Å²) in [5.74, 6) is -0.447. The molecule has 3 N–H and O–H groups in total. The fourth-order valence-electron chi connectivity index (χ4n) is 1.76. The Balaban J connectivity index is 2.10. The van der Waals surface area contributed by atoms with Gasteiger partial charge in [-0.2, -0.15) is 0 Å². The number of benzene rings is 2. The number of rotatable bonds is 4. The summed E-state index contributed by atoms with van der Waals surface area (Å²) in [5.41, 5.74) is 8.39. The highest BCUT2D eigenvalue weighted by molar-refractivity contribution is 6.30. The minimum atomic E-state index is -0.447. The van der Waals surface area contributed by atoms with Gasteiger partial charge in [-0.15, -0.1) is 0 Å². The molecule has 2 rings (SSSR count). The van der Waals surface area contributed by atoms with Crippen LogP contribution in [-0.4, -0.2) is 13.1 Å². The van der Waals surface area contributed by atoms with E-state index in [1.165, 1.54) is 7.11 Å². The predicted octanol–water partition coefficient (Wildman–Crippen LogP) is 3.32. The zero-order chi connectivity index (χ0) is 14.5. The molecule has 0 amide bonds. The first kappa shape index (κ1) is 14.2. The number of carbonyl (C=O) groups is 1. The van der Waals surface area contributed by atoms with Crippen LogP contribution >= 0.6 is 11.6 Å². The molecule has 0 heterocycles. The number of ether oxygens (including phenoxy) is 1. The first-order valence-corrected chi connectivity index (χ1v) is 6.44. The fraction of sp³-hybridized carbons (Fsp3) is 0.133. The van der Waals surface area contributed by atoms with Gasteiger partial charge in [-0.1, -0.05) is 23.7 Å². The van der Waals surface area contributed by atoms with E-state index in [0.717, 1.165) is 11.3 Å². The van der Waals surface area contributed by atoms with Gasteiger partial charge in [0.25, 0.3) is 0 Å². The van der Waals surface area contributed by atoms with Crippen molar-refractivity contribution in [1.29, 1.82) is 0 Å². The fourth-order valence-corrected chi connectivity index (χ4v) is 1.89. The van der Waals surface area contributed by atoms with Crippen molar-refractivity contribution in [2.45, 2.75) is 6.54 Å². The lowest BCUT2D eigenvalue weighted by molar-refractivity contribution is 0.0602. The van der Waals surface area contributed by atoms with Gasteiger partial charge in [0.2, 0.25) is 0 Å². The van der Waals surface area contributed by atoms with Crippen molar-refractivity contribution in [2.24, 2.45) is 0 Å². The lowest BCUT2D eigenvalue weighted by atomic mass is 10.1. The smallest absolute Gasteiger partial charge is 0.340 e. The molecule has 5 heteroatoms. The number of anilines is 2. The number of methoxy groups -OCH3 is 1. The largest absolute Gasteiger partial charge is 0.465 e. The van der Waals surface area contributed by atoms with Crippen LogP contribution in [0, 0.1) is 0 Å². The van der Waals surface area contributed by atoms with Crippen LogP contribution < -0.4 is 11.1 Å². The highest BCUT2D eigenvalue weighted by atomic mass is 35.5. The number of esters is 1. The molecule has 0 saturated heterocycles. The van der Waals surface area contributed by atoms with Crippen LogP contribution in [0.1, 0.15) is 15.9 Å². The van der Waals surface area contributed by atoms with Crippen molar-refractivity contribution >= 4 is 28.9 Å². The molecule has 0 bridgehead atoms. The van der Waals surface area contributed by atoms with E-state index in [1.807, 2.05) is 30.3 Å². The number of carbonyl (C=O) groups excluding carboxylic acids is 1. The average molecular weight is 291 g/mol. The van der Waals surface area contributed by atoms with Gasteiger partial charge in [-0.25, -0.2) is 4.79 Å². The Morgan fingerprint density at radius 1 is 1.25 bits per heavy atom. The molecule has 4 nitrogen and oxygen atoms in total. The molecule has 20 heavy (non-hydrogen) atoms. The Hall–Kier alpha value is -2.20. The van der Waals surface area contributed by atoms with Gasteiger partial charge in [0, 0.05) is 22.9 Å². The Bertz CT molecular complexity index is 612. The molecule has 104 valence electrons. The van der Waals surface area contributed by atoms with Gasteiger partial charge in [-0.3, -0.25) is 0 Å². The standard InChI is InChI=1S/C15H15ClN2O2/c1-20-15(19)13-8-12(6-7-14(13)17)18-9-10-2-4-11(16)5-3-10/h2-8,18H,9,17H2,1H3. The third-order valence-electron chi connectivity index (χ3n) is 2.87. The number of halogens is 1. The molecule has 0 aliphatic carbocycles. The second-order valence-corrected chi connectivity index (χ2v) is 4.71. The number of nitrogen functional groups attached to an aromatic ring is 1. The molecule has 0 radical (unpaired) electrons. The summed E-state index contributed by atoms with van der Waals surface area (Å²) in [4.78, 5) is 11.6. The Morgan fingerprint density at radius 3 is 2.60 bits per heavy atom. The summed E-state index contributed by atoms with van der Waals surface area (Å²) in [5, 5.41) is 3.92. The van der Waals surface area contributed by atoms with E-state index < -0.39 is 5.97 Å². The van der Waals surface area contributed by atoms with Crippen molar-refractivity contribution < 1.29 is 9.53 Å². The quantitative estimate of drug-likeness (QED) is 0.670. The summed E-state index contributed by atoms with van der Waals surface area (Å²) in [7, 11) is 1.33. The minimum Gasteiger partial charge on any atom is -0.465 e. The third kappa shape index (κ3) is 3.42. The van der Waals surface area contributed by atoms with Crippen LogP contribution in [0.5, 0.6) is 0 Å². The molecule has 0 aliphatic heterocycles. The second-order valence-electron chi connectivity index (χ2n) is 4.27. The number of nitrogens with one attached hydrogen (secondary N) is 1. The number of hydrogen-bond acceptors (Lipinski definition) is 4. The Morgan fingerprint density at radius 2 is 1.95 bits per heavy atom. The van der Waals surface area contributed by atoms with Gasteiger partial charge >= 0.3 is 5.97 Å². The molecule has 0 fully saturated rings. The zero-order valence-electron chi connectivity index (χ0n) is 11.0. The van der Waals surface area contributed by atoms with E-state index in [4.69, 9.17) is 17.3 Å². The van der Waals surface area contributed by atoms with E-state index in [-0.39, 0.29) is 0 Å². The second kappa shape index (κ2) is 6.30. The molecule has 0 spiro atoms. The van der Waals surface area contributed by atoms with Crippen LogP contribution in [0.3, 0.4) is 0 Å². The molecule has 0 unspecified atom stereocenters. The van der Waals surface area contributed by atoms with E-state index in [2.05, 4.69) is 10.1 Å². The Labute approximate surface area is 122 Å². The molecule has 2 aromatic rings. The van der Waals surface area contributed by atoms with Crippen LogP contribution in [-0.2, 0) is 11.3 Å². The van der Waals surface area contributed by atoms with E-state index in [9.17, 15) is 4.79 Å². The zero-order valence-corrected chi connectivity index (χ0v) is 11.8. The van der Waals surface area contributed by atoms with E-state index in [1.54, 1.807) is 12.1 Å². The summed E-state index contributed by atoms with van der Waals surface area (Å²) in [6, 6.07) is 12.7. The molecule has 0 atom stereocenters. The minimum absolute atomic E-state index is 0.355. The molecule has 0 saturated carbocycles. The average Bonchev–Trinajstić information content (AvgIpc) is 2.47. The molecule has 0 aromatic heterocycles. The maximum absolute atomic E-state index is 11.6. The van der Waals surface area contributed by atoms with E-state index in [0.29, 0.717) is 22.8 Å². The lowest BCUT2D eigenvalue weighted by Crippen LogP contribution is -2.07. The molecular weight excluding hydrogens is 276 g/mol. The summed E-state index contributed by atoms with van der Waals surface area (Å²) in [6.45, 7) is 0.627. The monoisotopic (exact) mass is 290 g/mol. The first-order chi connectivity index (χ1) is 9.60. The van der Waals surface area contributed by atoms with Crippen LogP contribution in [0.15, 0.2) is 42.5 Å². The van der Waals surface area contributed by atoms with Crippen molar-refractivity contribution in [3.8, 4) is 0 Å². The number of hydrogen-bond donors (Lipinski definition) is 2. The first-order valence-electron chi connectivity index (χ1n) is 6.06. The summed E-state index contributed by atoms with van der Waals surface area (Å²) < 4.78 is 4.69. The molecule has 0 aliphatic rings. The highest BCUT2D eigenvalue weighted by Gasteiger charge is 2.10. The van der Waals surface area contributed by atoms with Crippen molar-refractivity contribution in [3.05, 3.63) is 58.6 Å². The maximum Gasteiger partial charge on any atom is 0.340 e. The Kier molecular flexibility index (Phi) is 4.48. The van der Waals surface area contributed by atoms with Crippen molar-refractivity contribution in [1.82, 2.24) is 0 Å².